The van der Waals surface area contributed by atoms with Crippen molar-refractivity contribution in [3.05, 3.63) is 0 Å². The summed E-state index contributed by atoms with van der Waals surface area (Å²) >= 11 is 0. The van der Waals surface area contributed by atoms with Crippen molar-refractivity contribution in [1.82, 2.24) is 0 Å². The van der Waals surface area contributed by atoms with Crippen LogP contribution in [0.25, 0.3) is 0 Å². The summed E-state index contributed by atoms with van der Waals surface area (Å²) in [7, 11) is -3.16. The van der Waals surface area contributed by atoms with Gasteiger partial charge in [0.15, 0.2) is 9.84 Å². The number of alkyl halides is 3. The van der Waals surface area contributed by atoms with Crippen LogP contribution in [0.4, 0.5) is 13.2 Å². The molecule has 2 N–H and O–H groups in total. The van der Waals surface area contributed by atoms with Crippen molar-refractivity contribution < 1.29 is 36.5 Å². The van der Waals surface area contributed by atoms with E-state index in [1.165, 1.54) is 0 Å². The highest BCUT2D eigenvalue weighted by molar-refractivity contribution is 7.91. The van der Waals surface area contributed by atoms with Gasteiger partial charge in [0.25, 0.3) is 0 Å². The molecule has 21 heavy (non-hydrogen) atoms. The fourth-order valence-corrected chi connectivity index (χ4v) is 4.61. The van der Waals surface area contributed by atoms with Gasteiger partial charge in [0, 0.05) is 12.0 Å². The molecule has 0 radical (unpaired) electrons. The fourth-order valence-electron chi connectivity index (χ4n) is 2.66. The Labute approximate surface area is 122 Å². The van der Waals surface area contributed by atoms with E-state index < -0.39 is 41.2 Å². The second-order valence-electron chi connectivity index (χ2n) is 5.55. The van der Waals surface area contributed by atoms with Crippen molar-refractivity contribution in [2.24, 2.45) is 11.3 Å². The second kappa shape index (κ2) is 7.26. The summed E-state index contributed by atoms with van der Waals surface area (Å²) < 4.78 is 63.2. The molecule has 1 fully saturated rings. The van der Waals surface area contributed by atoms with Crippen molar-refractivity contribution in [3.8, 4) is 0 Å². The lowest BCUT2D eigenvalue weighted by molar-refractivity contribution is -0.174. The van der Waals surface area contributed by atoms with Gasteiger partial charge in [-0.05, 0) is 25.2 Å². The third-order valence-electron chi connectivity index (χ3n) is 3.96. The first kappa shape index (κ1) is 18.7. The smallest absolute Gasteiger partial charge is 0.396 e. The van der Waals surface area contributed by atoms with Gasteiger partial charge in [-0.25, -0.2) is 8.42 Å². The van der Waals surface area contributed by atoms with Crippen LogP contribution >= 0.6 is 0 Å². The highest BCUT2D eigenvalue weighted by Crippen LogP contribution is 2.39. The molecule has 1 rings (SSSR count). The van der Waals surface area contributed by atoms with E-state index in [9.17, 15) is 31.8 Å². The van der Waals surface area contributed by atoms with E-state index >= 15 is 0 Å². The number of hydrogen-bond donors (Lipinski definition) is 2. The first-order chi connectivity index (χ1) is 9.64. The Balaban J connectivity index is 2.50. The van der Waals surface area contributed by atoms with Crippen LogP contribution < -0.4 is 0 Å². The second-order valence-corrected chi connectivity index (χ2v) is 7.78. The maximum atomic E-state index is 11.9. The van der Waals surface area contributed by atoms with Crippen LogP contribution in [-0.2, 0) is 14.6 Å². The van der Waals surface area contributed by atoms with Crippen LogP contribution in [0.2, 0.25) is 0 Å². The molecule has 1 aliphatic rings. The van der Waals surface area contributed by atoms with Crippen LogP contribution in [0, 0.1) is 11.3 Å². The van der Waals surface area contributed by atoms with Crippen LogP contribution in [0.5, 0.6) is 0 Å². The summed E-state index contributed by atoms with van der Waals surface area (Å²) in [6.07, 6.45) is -3.59. The molecule has 1 saturated heterocycles. The van der Waals surface area contributed by atoms with E-state index in [1.807, 2.05) is 0 Å². The zero-order chi connectivity index (χ0) is 16.1. The van der Waals surface area contributed by atoms with Gasteiger partial charge in [-0.2, -0.15) is 13.2 Å². The molecule has 0 aromatic heterocycles. The predicted octanol–water partition coefficient (Wildman–Crippen LogP) is 0.751. The first-order valence-corrected chi connectivity index (χ1v) is 8.53. The van der Waals surface area contributed by atoms with Gasteiger partial charge in [-0.3, -0.25) is 0 Å². The fraction of sp³-hybridized carbons (Fsp3) is 1.00. The maximum Gasteiger partial charge on any atom is 0.411 e. The minimum Gasteiger partial charge on any atom is -0.396 e. The monoisotopic (exact) mass is 334 g/mol. The van der Waals surface area contributed by atoms with Crippen LogP contribution in [0.15, 0.2) is 0 Å². The molecule has 0 aromatic carbocycles. The van der Waals surface area contributed by atoms with Gasteiger partial charge in [0.2, 0.25) is 0 Å². The standard InChI is InChI=1S/C12H21F3O5S/c13-12(14,15)9-20-4-1-3-11(7-16,8-17)10-2-5-21(18,19)6-10/h10,16-17H,1-9H2. The van der Waals surface area contributed by atoms with E-state index in [-0.39, 0.29) is 36.9 Å². The molecule has 1 atom stereocenters. The van der Waals surface area contributed by atoms with E-state index in [0.717, 1.165) is 0 Å². The number of rotatable bonds is 8. The lowest BCUT2D eigenvalue weighted by Gasteiger charge is -2.35. The zero-order valence-electron chi connectivity index (χ0n) is 11.6. The van der Waals surface area contributed by atoms with Crippen molar-refractivity contribution in [3.63, 3.8) is 0 Å². The van der Waals surface area contributed by atoms with Gasteiger partial charge in [-0.15, -0.1) is 0 Å². The molecule has 0 spiro atoms. The summed E-state index contributed by atoms with van der Waals surface area (Å²) in [5, 5.41) is 19.0. The van der Waals surface area contributed by atoms with Crippen molar-refractivity contribution in [2.45, 2.75) is 25.4 Å². The topological polar surface area (TPSA) is 83.8 Å². The molecule has 1 heterocycles. The Morgan fingerprint density at radius 2 is 1.81 bits per heavy atom. The number of hydrogen-bond acceptors (Lipinski definition) is 5. The number of halogens is 3. The molecule has 0 aliphatic carbocycles. The Bertz CT molecular complexity index is 417. The van der Waals surface area contributed by atoms with Gasteiger partial charge >= 0.3 is 6.18 Å². The molecular weight excluding hydrogens is 313 g/mol. The summed E-state index contributed by atoms with van der Waals surface area (Å²) in [5.74, 6) is -0.457. The van der Waals surface area contributed by atoms with Gasteiger partial charge in [0.05, 0.1) is 24.7 Å². The number of sulfone groups is 1. The van der Waals surface area contributed by atoms with Gasteiger partial charge in [0.1, 0.15) is 6.61 Å². The lowest BCUT2D eigenvalue weighted by atomic mass is 9.73. The summed E-state index contributed by atoms with van der Waals surface area (Å²) in [6, 6.07) is 0. The normalized spacial score (nSPS) is 22.6. The summed E-state index contributed by atoms with van der Waals surface area (Å²) in [6.45, 7) is -2.29. The van der Waals surface area contributed by atoms with E-state index in [4.69, 9.17) is 0 Å². The molecule has 5 nitrogen and oxygen atoms in total. The molecule has 126 valence electrons. The SMILES string of the molecule is O=S1(=O)CCC(C(CO)(CO)CCCOCC(F)(F)F)C1. The van der Waals surface area contributed by atoms with E-state index in [1.54, 1.807) is 0 Å². The van der Waals surface area contributed by atoms with Crippen LogP contribution in [0.1, 0.15) is 19.3 Å². The molecule has 9 heteroatoms. The molecule has 0 saturated carbocycles. The minimum absolute atomic E-state index is 0.0178. The largest absolute Gasteiger partial charge is 0.411 e. The Morgan fingerprint density at radius 1 is 1.19 bits per heavy atom. The quantitative estimate of drug-likeness (QED) is 0.640. The Kier molecular flexibility index (Phi) is 6.45. The third-order valence-corrected chi connectivity index (χ3v) is 5.73. The molecule has 1 aliphatic heterocycles. The van der Waals surface area contributed by atoms with Gasteiger partial charge < -0.3 is 14.9 Å². The van der Waals surface area contributed by atoms with Crippen molar-refractivity contribution in [1.29, 1.82) is 0 Å². The Morgan fingerprint density at radius 3 is 2.24 bits per heavy atom. The predicted molar refractivity (Wildman–Crippen MR) is 69.5 cm³/mol. The number of ether oxygens (including phenoxy) is 1. The summed E-state index contributed by atoms with van der Waals surface area (Å²) in [5.41, 5.74) is -0.981. The molecule has 0 aromatic rings. The average molecular weight is 334 g/mol. The minimum atomic E-state index is -4.38. The lowest BCUT2D eigenvalue weighted by Crippen LogP contribution is -2.39. The molecule has 0 amide bonds. The zero-order valence-corrected chi connectivity index (χ0v) is 12.4. The first-order valence-electron chi connectivity index (χ1n) is 6.71. The summed E-state index contributed by atoms with van der Waals surface area (Å²) in [4.78, 5) is 0. The third kappa shape index (κ3) is 5.72. The molecule has 0 bridgehead atoms. The number of aliphatic hydroxyl groups excluding tert-OH is 2. The average Bonchev–Trinajstić information content (AvgIpc) is 2.74. The van der Waals surface area contributed by atoms with E-state index in [2.05, 4.69) is 4.74 Å². The van der Waals surface area contributed by atoms with E-state index in [0.29, 0.717) is 6.42 Å². The highest BCUT2D eigenvalue weighted by atomic mass is 32.2. The molecular formula is C12H21F3O5S. The van der Waals surface area contributed by atoms with Crippen LogP contribution in [-0.4, -0.2) is 62.7 Å². The van der Waals surface area contributed by atoms with Crippen molar-refractivity contribution >= 4 is 9.84 Å². The van der Waals surface area contributed by atoms with Gasteiger partial charge in [-0.1, -0.05) is 0 Å². The van der Waals surface area contributed by atoms with Crippen LogP contribution in [0.3, 0.4) is 0 Å². The molecule has 1 unspecified atom stereocenters. The van der Waals surface area contributed by atoms with Crippen molar-refractivity contribution in [2.75, 3.05) is 37.9 Å². The highest BCUT2D eigenvalue weighted by Gasteiger charge is 2.43. The Hall–Kier alpha value is -0.380. The number of aliphatic hydroxyl groups is 2. The maximum absolute atomic E-state index is 11.9.